The number of hydrogen-bond acceptors (Lipinski definition) is 3. The zero-order valence-electron chi connectivity index (χ0n) is 13.5. The summed E-state index contributed by atoms with van der Waals surface area (Å²) in [5.41, 5.74) is 3.22. The second-order valence-corrected chi connectivity index (χ2v) is 6.12. The van der Waals surface area contributed by atoms with Crippen molar-refractivity contribution in [2.75, 3.05) is 18.0 Å². The Labute approximate surface area is 135 Å². The van der Waals surface area contributed by atoms with Gasteiger partial charge in [-0.3, -0.25) is 4.79 Å². The molecule has 2 heterocycles. The van der Waals surface area contributed by atoms with Crippen LogP contribution in [0.15, 0.2) is 0 Å². The number of pyridine rings is 1. The molecular weight excluding hydrogens is 333 g/mol. The molecule has 2 rings (SSSR count). The molecule has 1 fully saturated rings. The first-order valence-corrected chi connectivity index (χ1v) is 7.37. The van der Waals surface area contributed by atoms with Crippen LogP contribution in [0.5, 0.6) is 0 Å². The molecule has 0 aliphatic carbocycles. The molecule has 24 heavy (non-hydrogen) atoms. The van der Waals surface area contributed by atoms with Gasteiger partial charge in [0.15, 0.2) is 0 Å². The number of carbonyl (C=O) groups is 1. The fourth-order valence-electron chi connectivity index (χ4n) is 3.05. The predicted molar refractivity (Wildman–Crippen MR) is 78.2 cm³/mol. The number of hydrogen-bond donors (Lipinski definition) is 1. The van der Waals surface area contributed by atoms with Crippen LogP contribution in [0.3, 0.4) is 0 Å². The second-order valence-electron chi connectivity index (χ2n) is 6.12. The molecule has 1 unspecified atom stereocenters. The normalized spacial score (nSPS) is 21.0. The van der Waals surface area contributed by atoms with Crippen molar-refractivity contribution < 1.29 is 26.7 Å². The number of amides is 1. The van der Waals surface area contributed by atoms with Crippen LogP contribution >= 0.6 is 0 Å². The van der Waals surface area contributed by atoms with Gasteiger partial charge in [-0.05, 0) is 19.4 Å². The third kappa shape index (κ3) is 3.16. The minimum absolute atomic E-state index is 0.0622. The summed E-state index contributed by atoms with van der Waals surface area (Å²) in [6.45, 7) is 3.43. The molecule has 0 spiro atoms. The van der Waals surface area contributed by atoms with E-state index in [2.05, 4.69) is 4.98 Å². The van der Waals surface area contributed by atoms with E-state index in [0.29, 0.717) is 0 Å². The summed E-state index contributed by atoms with van der Waals surface area (Å²) in [7, 11) is 0. The number of aromatic nitrogens is 1. The van der Waals surface area contributed by atoms with Crippen molar-refractivity contribution in [1.82, 2.24) is 4.98 Å². The van der Waals surface area contributed by atoms with Crippen LogP contribution in [-0.4, -0.2) is 29.9 Å². The van der Waals surface area contributed by atoms with Crippen LogP contribution in [0, 0.1) is 19.8 Å². The van der Waals surface area contributed by atoms with Crippen molar-refractivity contribution in [3.8, 4) is 0 Å². The lowest BCUT2D eigenvalue weighted by Gasteiger charge is -2.38. The quantitative estimate of drug-likeness (QED) is 0.832. The highest BCUT2D eigenvalue weighted by molar-refractivity contribution is 5.99. The van der Waals surface area contributed by atoms with Crippen LogP contribution in [-0.2, 0) is 6.18 Å². The minimum Gasteiger partial charge on any atom is -0.365 e. The maximum atomic E-state index is 13.6. The van der Waals surface area contributed by atoms with Gasteiger partial charge in [-0.25, -0.2) is 13.8 Å². The van der Waals surface area contributed by atoms with Crippen LogP contribution in [0.2, 0.25) is 0 Å². The van der Waals surface area contributed by atoms with Gasteiger partial charge >= 0.3 is 6.18 Å². The third-order valence-corrected chi connectivity index (χ3v) is 4.37. The van der Waals surface area contributed by atoms with Gasteiger partial charge in [0.1, 0.15) is 5.82 Å². The van der Waals surface area contributed by atoms with Crippen molar-refractivity contribution in [3.05, 3.63) is 22.4 Å². The van der Waals surface area contributed by atoms with E-state index in [4.69, 9.17) is 5.73 Å². The van der Waals surface area contributed by atoms with Crippen molar-refractivity contribution >= 4 is 11.7 Å². The number of primary amides is 1. The zero-order chi connectivity index (χ0) is 18.4. The molecule has 134 valence electrons. The Bertz CT molecular complexity index is 672. The first-order chi connectivity index (χ1) is 10.9. The molecule has 1 saturated heterocycles. The number of aryl methyl sites for hydroxylation is 1. The van der Waals surface area contributed by atoms with Gasteiger partial charge in [0, 0.05) is 25.4 Å². The summed E-state index contributed by atoms with van der Waals surface area (Å²) >= 11 is 0. The van der Waals surface area contributed by atoms with Crippen molar-refractivity contribution in [3.63, 3.8) is 0 Å². The molecule has 2 N–H and O–H groups in total. The summed E-state index contributed by atoms with van der Waals surface area (Å²) in [4.78, 5) is 17.0. The number of alkyl halides is 5. The van der Waals surface area contributed by atoms with Gasteiger partial charge in [-0.15, -0.1) is 0 Å². The number of nitrogens with two attached hydrogens (primary N) is 1. The van der Waals surface area contributed by atoms with Crippen LogP contribution in [0.25, 0.3) is 0 Å². The average molecular weight is 351 g/mol. The van der Waals surface area contributed by atoms with E-state index in [9.17, 15) is 26.7 Å². The molecule has 0 radical (unpaired) electrons. The van der Waals surface area contributed by atoms with Gasteiger partial charge in [0.2, 0.25) is 0 Å². The van der Waals surface area contributed by atoms with E-state index in [1.54, 1.807) is 0 Å². The molecule has 4 nitrogen and oxygen atoms in total. The molecular formula is C15H18F5N3O. The summed E-state index contributed by atoms with van der Waals surface area (Å²) < 4.78 is 66.8. The summed E-state index contributed by atoms with van der Waals surface area (Å²) in [6, 6.07) is 0. The Balaban J connectivity index is 2.58. The number of piperidine rings is 1. The summed E-state index contributed by atoms with van der Waals surface area (Å²) in [6.07, 6.45) is -5.15. The fourth-order valence-corrected chi connectivity index (χ4v) is 3.05. The predicted octanol–water partition coefficient (Wildman–Crippen LogP) is 3.30. The van der Waals surface area contributed by atoms with E-state index in [0.717, 1.165) is 6.92 Å². The monoisotopic (exact) mass is 351 g/mol. The van der Waals surface area contributed by atoms with Crippen molar-refractivity contribution in [1.29, 1.82) is 0 Å². The number of halogens is 5. The fraction of sp³-hybridized carbons (Fsp3) is 0.600. The van der Waals surface area contributed by atoms with E-state index in [1.165, 1.54) is 18.7 Å². The topological polar surface area (TPSA) is 59.2 Å². The Morgan fingerprint density at radius 3 is 2.38 bits per heavy atom. The SMILES string of the molecule is Cc1nc(N2CCC(F)(F)C(C)C2)c(C(N)=O)c(C)c1C(F)(F)F. The second kappa shape index (κ2) is 5.86. The molecule has 9 heteroatoms. The maximum absolute atomic E-state index is 13.6. The van der Waals surface area contributed by atoms with E-state index < -0.39 is 35.9 Å². The molecule has 1 aromatic heterocycles. The van der Waals surface area contributed by atoms with Gasteiger partial charge in [0.05, 0.1) is 16.8 Å². The first-order valence-electron chi connectivity index (χ1n) is 7.37. The lowest BCUT2D eigenvalue weighted by molar-refractivity contribution is -0.138. The molecule has 0 aromatic carbocycles. The van der Waals surface area contributed by atoms with E-state index >= 15 is 0 Å². The van der Waals surface area contributed by atoms with Gasteiger partial charge in [0.25, 0.3) is 11.8 Å². The van der Waals surface area contributed by atoms with Crippen LogP contribution in [0.4, 0.5) is 27.8 Å². The lowest BCUT2D eigenvalue weighted by atomic mass is 9.94. The number of anilines is 1. The standard InChI is InChI=1S/C15H18F5N3O/c1-7-6-23(5-4-14(7,16)17)13-10(12(21)24)8(2)11(9(3)22-13)15(18,19)20/h7H,4-6H2,1-3H3,(H2,21,24). The van der Waals surface area contributed by atoms with Crippen LogP contribution < -0.4 is 10.6 Å². The Kier molecular flexibility index (Phi) is 4.49. The molecule has 1 aromatic rings. The van der Waals surface area contributed by atoms with Crippen LogP contribution in [0.1, 0.15) is 40.5 Å². The zero-order valence-corrected chi connectivity index (χ0v) is 13.5. The molecule has 0 saturated carbocycles. The molecule has 1 amide bonds. The Hall–Kier alpha value is -1.93. The molecule has 1 atom stereocenters. The lowest BCUT2D eigenvalue weighted by Crippen LogP contribution is -2.47. The molecule has 1 aliphatic rings. The molecule has 1 aliphatic heterocycles. The van der Waals surface area contributed by atoms with Gasteiger partial charge in [-0.2, -0.15) is 13.2 Å². The maximum Gasteiger partial charge on any atom is 0.418 e. The smallest absolute Gasteiger partial charge is 0.365 e. The average Bonchev–Trinajstić information content (AvgIpc) is 2.39. The highest BCUT2D eigenvalue weighted by atomic mass is 19.4. The minimum atomic E-state index is -4.69. The number of rotatable bonds is 2. The number of carbonyl (C=O) groups excluding carboxylic acids is 1. The first kappa shape index (κ1) is 18.4. The Morgan fingerprint density at radius 2 is 1.92 bits per heavy atom. The highest BCUT2D eigenvalue weighted by Crippen LogP contribution is 2.40. The van der Waals surface area contributed by atoms with Gasteiger partial charge in [-0.1, -0.05) is 6.92 Å². The van der Waals surface area contributed by atoms with E-state index in [1.807, 2.05) is 0 Å². The highest BCUT2D eigenvalue weighted by Gasteiger charge is 2.43. The van der Waals surface area contributed by atoms with Gasteiger partial charge < -0.3 is 10.6 Å². The van der Waals surface area contributed by atoms with E-state index in [-0.39, 0.29) is 35.7 Å². The third-order valence-electron chi connectivity index (χ3n) is 4.37. The van der Waals surface area contributed by atoms with Crippen molar-refractivity contribution in [2.45, 2.75) is 39.3 Å². The Morgan fingerprint density at radius 1 is 1.33 bits per heavy atom. The number of nitrogens with zero attached hydrogens (tertiary/aromatic N) is 2. The molecule has 0 bridgehead atoms. The summed E-state index contributed by atoms with van der Waals surface area (Å²) in [5.74, 6) is -5.01. The van der Waals surface area contributed by atoms with Crippen molar-refractivity contribution in [2.24, 2.45) is 11.7 Å². The summed E-state index contributed by atoms with van der Waals surface area (Å²) in [5, 5.41) is 0. The largest absolute Gasteiger partial charge is 0.418 e.